The Bertz CT molecular complexity index is 5810. The Hall–Kier alpha value is -15.2. The van der Waals surface area contributed by atoms with Crippen LogP contribution in [-0.2, 0) is 38.4 Å². The molecule has 4 aromatic carbocycles. The monoisotopic (exact) mass is 1930 g/mol. The summed E-state index contributed by atoms with van der Waals surface area (Å²) in [6.07, 6.45) is 19.9. The third kappa shape index (κ3) is 26.5. The average Bonchev–Trinajstić information content (AvgIpc) is 1.61. The van der Waals surface area contributed by atoms with Gasteiger partial charge in [-0.1, -0.05) is 125 Å². The number of ether oxygens (including phenoxy) is 4. The molecule has 12 aromatic rings. The molecule has 0 saturated carbocycles. The summed E-state index contributed by atoms with van der Waals surface area (Å²) in [5, 5.41) is 33.3. The fraction of sp³-hybridized carbons (Fsp3) is 0.292. The number of hydrogen-bond acceptors (Lipinski definition) is 29. The predicted octanol–water partition coefficient (Wildman–Crippen LogP) is 12.8. The van der Waals surface area contributed by atoms with Crippen molar-refractivity contribution in [3.05, 3.63) is 237 Å². The van der Waals surface area contributed by atoms with Crippen molar-refractivity contribution in [3.8, 4) is 65.8 Å². The number of carbonyl (C=O) groups is 12. The largest absolute Gasteiger partial charge is 0.480 e. The molecule has 8 atom stereocenters. The predicted molar refractivity (Wildman–Crippen MR) is 517 cm³/mol. The molecular formula is C96H102N20O17S4. The number of nitrogens with zero attached hydrogens (tertiary/aromatic N) is 11. The fourth-order valence-corrected chi connectivity index (χ4v) is 18.5. The molecule has 8 aromatic heterocycles. The van der Waals surface area contributed by atoms with E-state index in [-0.39, 0.29) is 104 Å². The van der Waals surface area contributed by atoms with Crippen LogP contribution in [0.3, 0.4) is 0 Å². The fourth-order valence-electron chi connectivity index (χ4n) is 15.9. The first-order chi connectivity index (χ1) is 65.9. The van der Waals surface area contributed by atoms with Crippen molar-refractivity contribution in [1.82, 2.24) is 59.9 Å². The maximum Gasteiger partial charge on any atom is 0.394 e. The third-order valence-corrected chi connectivity index (χ3v) is 26.1. The topological polar surface area (TPSA) is 539 Å². The van der Waals surface area contributed by atoms with E-state index in [2.05, 4.69) is 113 Å². The molecule has 4 aliphatic rings. The number of carboxylic acid groups (broad SMARTS) is 1. The Morgan fingerprint density at radius 3 is 0.810 bits per heavy atom. The summed E-state index contributed by atoms with van der Waals surface area (Å²) in [6.45, 7) is 11.1. The van der Waals surface area contributed by atoms with Gasteiger partial charge in [0.05, 0.1) is 94.1 Å². The molecule has 4 saturated heterocycles. The minimum Gasteiger partial charge on any atom is -0.480 e. The van der Waals surface area contributed by atoms with Crippen LogP contribution in [0.2, 0.25) is 0 Å². The van der Waals surface area contributed by atoms with Crippen molar-refractivity contribution in [1.29, 1.82) is 0 Å². The van der Waals surface area contributed by atoms with Gasteiger partial charge in [0, 0.05) is 94.2 Å². The van der Waals surface area contributed by atoms with Gasteiger partial charge in [-0.15, -0.1) is 45.3 Å². The smallest absolute Gasteiger partial charge is 0.394 e. The van der Waals surface area contributed by atoms with Gasteiger partial charge in [0.2, 0.25) is 23.5 Å². The van der Waals surface area contributed by atoms with E-state index >= 15 is 0 Å². The van der Waals surface area contributed by atoms with Gasteiger partial charge in [0.15, 0.2) is 0 Å². The number of pyridine rings is 4. The molecule has 12 heterocycles. The second-order valence-electron chi connectivity index (χ2n) is 32.6. The van der Waals surface area contributed by atoms with Gasteiger partial charge in [-0.2, -0.15) is 0 Å². The number of likely N-dealkylation sites (tertiary alicyclic amines) is 3. The van der Waals surface area contributed by atoms with E-state index in [1.807, 2.05) is 106 Å². The lowest BCUT2D eigenvalue weighted by Crippen LogP contribution is -2.46. The molecule has 0 unspecified atom stereocenters. The number of nitrogens with two attached hydrogens (primary N) is 4. The lowest BCUT2D eigenvalue weighted by molar-refractivity contribution is -0.147. The minimum absolute atomic E-state index is 0.00850. The van der Waals surface area contributed by atoms with Crippen LogP contribution in [0, 0.1) is 23.7 Å². The van der Waals surface area contributed by atoms with E-state index in [1.165, 1.54) is 95.3 Å². The Balaban J connectivity index is 0.000000158. The number of carbonyl (C=O) groups excluding carboxylic acids is 11. The molecule has 712 valence electrons. The lowest BCUT2D eigenvalue weighted by Gasteiger charge is -2.38. The summed E-state index contributed by atoms with van der Waals surface area (Å²) in [6, 6.07) is 37.8. The van der Waals surface area contributed by atoms with Crippen LogP contribution < -0.4 is 68.5 Å². The van der Waals surface area contributed by atoms with Crippen molar-refractivity contribution in [2.75, 3.05) is 75.9 Å². The van der Waals surface area contributed by atoms with E-state index in [9.17, 15) is 57.5 Å². The second kappa shape index (κ2) is 47.6. The van der Waals surface area contributed by atoms with E-state index in [0.29, 0.717) is 25.7 Å². The summed E-state index contributed by atoms with van der Waals surface area (Å²) in [5.41, 5.74) is 30.2. The SMILES string of the molecule is COc1ncc(NC(=O)C(=O)N2C[C@@H](C)CC[C@@H]2c2ccc(-c3nccs3)cc2)cc1C(N)=O.COc1ncc(NC(=O)C(=O)N2C[C@@H](C)CC[C@@H]2c2ccc(-c3nccs3)cc2)cc1C(N)=O.COc1ncc(NC(=O)C(=O)N2C[C@H](C)CC[C@H]2c2ccc(-c3nccs3)cc2)cc1C(N)=O.COc1ncc(NC(=O)C(=O)O)cc1C(N)=O.C[C@H]1CC[C@H](c2ccc(-c3nccs3)cc2)NC1. The number of amides is 11. The third-order valence-electron chi connectivity index (χ3n) is 22.9. The molecule has 0 aliphatic carbocycles. The van der Waals surface area contributed by atoms with E-state index < -0.39 is 70.9 Å². The Kier molecular flexibility index (Phi) is 35.0. The zero-order chi connectivity index (χ0) is 98.1. The first-order valence-corrected chi connectivity index (χ1v) is 46.9. The molecule has 41 heteroatoms. The molecule has 16 rings (SSSR count). The Morgan fingerprint density at radius 2 is 0.591 bits per heavy atom. The maximum absolute atomic E-state index is 13.2. The number of rotatable bonds is 20. The average molecular weight is 1940 g/mol. The van der Waals surface area contributed by atoms with Crippen LogP contribution in [0.25, 0.3) is 42.3 Å². The standard InChI is InChI=1S/3C24H25N5O4S.C15H18N2S.C9H9N3O5/c3*1-14-3-8-19(15-4-6-16(7-5-15)23-26-9-10-34-23)29(13-14)24(32)21(31)28-17-11-18(20(25)30)22(33-2)27-12-17;1-11-2-7-14(17-10-11)12-3-5-13(6-4-12)15-16-8-9-18-15;1-17-8-5(6(10)13)2-4(3-11-8)12-7(14)9(15)16/h3*4-7,9-12,14,19H,3,8,13H2,1-2H3,(H2,25,30)(H,28,31);3-6,8-9,11,14,17H,2,7,10H2,1H3;2-3H,1H3,(H2,10,13)(H,12,14)(H,15,16)/t3*14-,19+;11-,14+;/m1000./s1. The van der Waals surface area contributed by atoms with E-state index in [4.69, 9.17) is 47.0 Å². The summed E-state index contributed by atoms with van der Waals surface area (Å²) in [4.78, 5) is 183. The van der Waals surface area contributed by atoms with Crippen molar-refractivity contribution >= 4 is 139 Å². The van der Waals surface area contributed by atoms with Crippen LogP contribution in [0.4, 0.5) is 22.7 Å². The zero-order valence-corrected chi connectivity index (χ0v) is 79.2. The van der Waals surface area contributed by atoms with Crippen LogP contribution in [0.15, 0.2) is 192 Å². The molecule has 0 radical (unpaired) electrons. The molecular weight excluding hydrogens is 1830 g/mol. The van der Waals surface area contributed by atoms with E-state index in [1.54, 1.807) is 78.6 Å². The molecule has 0 bridgehead atoms. The number of anilines is 4. The molecule has 14 N–H and O–H groups in total. The molecule has 4 fully saturated rings. The van der Waals surface area contributed by atoms with Crippen molar-refractivity contribution in [2.24, 2.45) is 46.6 Å². The quantitative estimate of drug-likeness (QED) is 0.0317. The number of nitrogens with one attached hydrogen (secondary N) is 5. The number of hydrogen-bond donors (Lipinski definition) is 10. The molecule has 4 aliphatic heterocycles. The van der Waals surface area contributed by atoms with Crippen molar-refractivity contribution in [3.63, 3.8) is 0 Å². The number of methoxy groups -OCH3 is 4. The number of carboxylic acids is 1. The van der Waals surface area contributed by atoms with Gasteiger partial charge in [-0.25, -0.2) is 44.7 Å². The molecule has 0 spiro atoms. The minimum atomic E-state index is -1.65. The van der Waals surface area contributed by atoms with Gasteiger partial charge in [0.1, 0.15) is 42.3 Å². The van der Waals surface area contributed by atoms with Gasteiger partial charge in [-0.3, -0.25) is 52.7 Å². The van der Waals surface area contributed by atoms with Crippen LogP contribution >= 0.6 is 45.3 Å². The number of aromatic nitrogens is 8. The highest BCUT2D eigenvalue weighted by molar-refractivity contribution is 7.14. The highest BCUT2D eigenvalue weighted by Gasteiger charge is 2.39. The first-order valence-electron chi connectivity index (χ1n) is 43.4. The first kappa shape index (κ1) is 101. The van der Waals surface area contributed by atoms with Crippen molar-refractivity contribution < 1.29 is 81.6 Å². The second-order valence-corrected chi connectivity index (χ2v) is 36.2. The van der Waals surface area contributed by atoms with Gasteiger partial charge in [-0.05, 0) is 128 Å². The molecule has 11 amide bonds. The summed E-state index contributed by atoms with van der Waals surface area (Å²) in [7, 11) is 5.37. The highest BCUT2D eigenvalue weighted by atomic mass is 32.1. The zero-order valence-electron chi connectivity index (χ0n) is 75.9. The summed E-state index contributed by atoms with van der Waals surface area (Å²) < 4.78 is 19.8. The summed E-state index contributed by atoms with van der Waals surface area (Å²) >= 11 is 6.38. The van der Waals surface area contributed by atoms with Gasteiger partial charge < -0.3 is 88.3 Å². The maximum atomic E-state index is 13.2. The van der Waals surface area contributed by atoms with Crippen LogP contribution in [0.5, 0.6) is 23.5 Å². The number of aliphatic carboxylic acids is 1. The normalized spacial score (nSPS) is 17.6. The Labute approximate surface area is 804 Å². The molecule has 37 nitrogen and oxygen atoms in total. The number of benzene rings is 4. The van der Waals surface area contributed by atoms with E-state index in [0.717, 1.165) is 111 Å². The van der Waals surface area contributed by atoms with Gasteiger partial charge >= 0.3 is 47.3 Å². The summed E-state index contributed by atoms with van der Waals surface area (Å²) in [5.74, 6) is -8.54. The Morgan fingerprint density at radius 1 is 0.343 bits per heavy atom. The highest BCUT2D eigenvalue weighted by Crippen LogP contribution is 2.40. The number of primary amides is 4. The lowest BCUT2D eigenvalue weighted by atomic mass is 9.89. The number of thiazole rings is 4. The number of piperidine rings is 4. The van der Waals surface area contributed by atoms with Crippen LogP contribution in [-0.4, -0.2) is 185 Å². The van der Waals surface area contributed by atoms with Crippen LogP contribution in [0.1, 0.15) is 167 Å². The molecule has 137 heavy (non-hydrogen) atoms. The van der Waals surface area contributed by atoms with Gasteiger partial charge in [0.25, 0.3) is 23.6 Å². The van der Waals surface area contributed by atoms with Crippen molar-refractivity contribution in [2.45, 2.75) is 103 Å².